The van der Waals surface area contributed by atoms with Crippen LogP contribution in [0.3, 0.4) is 0 Å². The summed E-state index contributed by atoms with van der Waals surface area (Å²) in [6.45, 7) is 2.75. The van der Waals surface area contributed by atoms with Crippen molar-refractivity contribution in [2.24, 2.45) is 0 Å². The molecule has 5 nitrogen and oxygen atoms in total. The highest BCUT2D eigenvalue weighted by Crippen LogP contribution is 2.24. The molecule has 0 atom stereocenters. The smallest absolute Gasteiger partial charge is 0.251 e. The van der Waals surface area contributed by atoms with Gasteiger partial charge in [0.05, 0.1) is 10.8 Å². The minimum Gasteiger partial charge on any atom is -0.352 e. The highest BCUT2D eigenvalue weighted by atomic mass is 35.5. The topological polar surface area (TPSA) is 64.0 Å². The average Bonchev–Trinajstić information content (AvgIpc) is 3.21. The maximum Gasteiger partial charge on any atom is 0.251 e. The lowest BCUT2D eigenvalue weighted by Crippen LogP contribution is -2.24. The number of nitrogens with one attached hydrogen (secondary N) is 1. The normalized spacial score (nSPS) is 10.7. The number of thioether (sulfide) groups is 1. The molecule has 3 aromatic rings. The maximum absolute atomic E-state index is 12.5. The Kier molecular flexibility index (Phi) is 7.49. The number of nitrogens with zero attached hydrogens (tertiary/aromatic N) is 2. The predicted molar refractivity (Wildman–Crippen MR) is 117 cm³/mol. The van der Waals surface area contributed by atoms with Crippen LogP contribution in [0.15, 0.2) is 66.1 Å². The second kappa shape index (κ2) is 10.3. The molecule has 29 heavy (non-hydrogen) atoms. The second-order valence-corrected chi connectivity index (χ2v) is 7.78. The Morgan fingerprint density at radius 3 is 2.79 bits per heavy atom. The number of imidazole rings is 1. The molecular weight excluding hydrogens is 406 g/mol. The van der Waals surface area contributed by atoms with Gasteiger partial charge >= 0.3 is 0 Å². The zero-order valence-corrected chi connectivity index (χ0v) is 17.7. The number of carbonyl (C=O) groups is 2. The summed E-state index contributed by atoms with van der Waals surface area (Å²) < 4.78 is 1.87. The summed E-state index contributed by atoms with van der Waals surface area (Å²) in [5.41, 5.74) is 1.92. The summed E-state index contributed by atoms with van der Waals surface area (Å²) in [6, 6.07) is 14.4. The van der Waals surface area contributed by atoms with Gasteiger partial charge in [-0.25, -0.2) is 4.98 Å². The van der Waals surface area contributed by atoms with Crippen LogP contribution in [0, 0.1) is 0 Å². The van der Waals surface area contributed by atoms with Gasteiger partial charge in [0.1, 0.15) is 0 Å². The highest BCUT2D eigenvalue weighted by Gasteiger charge is 2.14. The van der Waals surface area contributed by atoms with E-state index in [9.17, 15) is 9.59 Å². The van der Waals surface area contributed by atoms with Gasteiger partial charge < -0.3 is 5.32 Å². The van der Waals surface area contributed by atoms with Gasteiger partial charge in [-0.2, -0.15) is 0 Å². The van der Waals surface area contributed by atoms with Crippen LogP contribution in [0.2, 0.25) is 5.02 Å². The maximum atomic E-state index is 12.5. The van der Waals surface area contributed by atoms with Crippen molar-refractivity contribution in [3.8, 4) is 5.69 Å². The number of aromatic nitrogens is 2. The van der Waals surface area contributed by atoms with E-state index in [-0.39, 0.29) is 17.4 Å². The minimum absolute atomic E-state index is 0.0563. The van der Waals surface area contributed by atoms with Crippen LogP contribution < -0.4 is 5.32 Å². The minimum atomic E-state index is -0.0940. The molecular formula is C22H22ClN3O2S. The van der Waals surface area contributed by atoms with Crippen LogP contribution in [0.25, 0.3) is 5.69 Å². The van der Waals surface area contributed by atoms with E-state index in [0.717, 1.165) is 18.5 Å². The molecule has 1 amide bonds. The Hall–Kier alpha value is -2.57. The largest absolute Gasteiger partial charge is 0.352 e. The van der Waals surface area contributed by atoms with Gasteiger partial charge in [-0.05, 0) is 36.8 Å². The number of hydrogen-bond acceptors (Lipinski definition) is 4. The van der Waals surface area contributed by atoms with Gasteiger partial charge in [0.25, 0.3) is 5.91 Å². The molecule has 0 spiro atoms. The quantitative estimate of drug-likeness (QED) is 0.295. The lowest BCUT2D eigenvalue weighted by molar-refractivity contribution is 0.0952. The Bertz CT molecular complexity index is 1000. The number of rotatable bonds is 9. The van der Waals surface area contributed by atoms with Crippen molar-refractivity contribution in [1.82, 2.24) is 14.9 Å². The molecule has 0 bridgehead atoms. The average molecular weight is 428 g/mol. The molecule has 1 heterocycles. The van der Waals surface area contributed by atoms with E-state index in [4.69, 9.17) is 11.6 Å². The Morgan fingerprint density at radius 1 is 1.17 bits per heavy atom. The molecule has 0 saturated carbocycles. The fourth-order valence-corrected chi connectivity index (χ4v) is 3.86. The number of amides is 1. The van der Waals surface area contributed by atoms with E-state index in [2.05, 4.69) is 17.2 Å². The van der Waals surface area contributed by atoms with Crippen molar-refractivity contribution in [3.05, 3.63) is 77.1 Å². The van der Waals surface area contributed by atoms with Crippen LogP contribution >= 0.6 is 23.4 Å². The van der Waals surface area contributed by atoms with Crippen LogP contribution in [0.4, 0.5) is 0 Å². The third kappa shape index (κ3) is 5.49. The fraction of sp³-hybridized carbons (Fsp3) is 0.227. The molecule has 1 N–H and O–H groups in total. The first-order valence-electron chi connectivity index (χ1n) is 9.42. The molecule has 0 saturated heterocycles. The lowest BCUT2D eigenvalue weighted by atomic mass is 10.1. The number of halogens is 1. The third-order valence-corrected chi connectivity index (χ3v) is 5.61. The SMILES string of the molecule is CCCCNC(=O)c1cccc(-n2ccnc2SCC(=O)c2ccccc2Cl)c1. The monoisotopic (exact) mass is 427 g/mol. The van der Waals surface area contributed by atoms with E-state index < -0.39 is 0 Å². The number of unbranched alkanes of at least 4 members (excludes halogenated alkanes) is 1. The molecule has 0 aliphatic heterocycles. The summed E-state index contributed by atoms with van der Waals surface area (Å²) in [4.78, 5) is 29.2. The standard InChI is InChI=1S/C22H22ClN3O2S/c1-2-3-11-24-21(28)16-7-6-8-17(14-16)26-13-12-25-22(26)29-15-20(27)18-9-4-5-10-19(18)23/h4-10,12-14H,2-3,11,15H2,1H3,(H,24,28). The predicted octanol–water partition coefficient (Wildman–Crippen LogP) is 5.03. The van der Waals surface area contributed by atoms with Crippen LogP contribution in [-0.2, 0) is 0 Å². The summed E-state index contributed by atoms with van der Waals surface area (Å²) in [5.74, 6) is 0.0699. The summed E-state index contributed by atoms with van der Waals surface area (Å²) in [7, 11) is 0. The molecule has 0 fully saturated rings. The number of hydrogen-bond donors (Lipinski definition) is 1. The van der Waals surface area contributed by atoms with Gasteiger partial charge in [-0.1, -0.05) is 54.9 Å². The number of ketones is 1. The molecule has 0 radical (unpaired) electrons. The van der Waals surface area contributed by atoms with Gasteiger partial charge in [-0.3, -0.25) is 14.2 Å². The van der Waals surface area contributed by atoms with Crippen LogP contribution in [-0.4, -0.2) is 33.5 Å². The van der Waals surface area contributed by atoms with E-state index in [1.54, 1.807) is 36.5 Å². The summed E-state index contributed by atoms with van der Waals surface area (Å²) in [5, 5.41) is 4.05. The zero-order valence-electron chi connectivity index (χ0n) is 16.1. The van der Waals surface area contributed by atoms with E-state index in [1.165, 1.54) is 11.8 Å². The lowest BCUT2D eigenvalue weighted by Gasteiger charge is -2.10. The van der Waals surface area contributed by atoms with Crippen molar-refractivity contribution in [2.45, 2.75) is 24.9 Å². The van der Waals surface area contributed by atoms with Crippen molar-refractivity contribution in [3.63, 3.8) is 0 Å². The first-order valence-corrected chi connectivity index (χ1v) is 10.8. The van der Waals surface area contributed by atoms with Crippen molar-refractivity contribution in [2.75, 3.05) is 12.3 Å². The van der Waals surface area contributed by atoms with Gasteiger partial charge in [0.2, 0.25) is 0 Å². The molecule has 1 aromatic heterocycles. The number of benzene rings is 2. The molecule has 150 valence electrons. The van der Waals surface area contributed by atoms with E-state index in [1.807, 2.05) is 29.0 Å². The first-order chi connectivity index (χ1) is 14.1. The third-order valence-electron chi connectivity index (χ3n) is 4.32. The number of Topliss-reactive ketones (excluding diaryl/α,β-unsaturated/α-hetero) is 1. The van der Waals surface area contributed by atoms with Crippen LogP contribution in [0.5, 0.6) is 0 Å². The second-order valence-electron chi connectivity index (χ2n) is 6.43. The van der Waals surface area contributed by atoms with Gasteiger partial charge in [-0.15, -0.1) is 0 Å². The Balaban J connectivity index is 1.71. The first kappa shape index (κ1) is 21.1. The summed E-state index contributed by atoms with van der Waals surface area (Å²) >= 11 is 7.45. The molecule has 7 heteroatoms. The van der Waals surface area contributed by atoms with Crippen molar-refractivity contribution in [1.29, 1.82) is 0 Å². The van der Waals surface area contributed by atoms with E-state index >= 15 is 0 Å². The fourth-order valence-electron chi connectivity index (χ4n) is 2.77. The Labute approximate surface area is 179 Å². The van der Waals surface area contributed by atoms with Crippen LogP contribution in [0.1, 0.15) is 40.5 Å². The van der Waals surface area contributed by atoms with Gasteiger partial charge in [0.15, 0.2) is 10.9 Å². The zero-order chi connectivity index (χ0) is 20.6. The Morgan fingerprint density at radius 2 is 2.00 bits per heavy atom. The summed E-state index contributed by atoms with van der Waals surface area (Å²) in [6.07, 6.45) is 5.47. The highest BCUT2D eigenvalue weighted by molar-refractivity contribution is 7.99. The molecule has 0 aliphatic carbocycles. The molecule has 0 aliphatic rings. The molecule has 0 unspecified atom stereocenters. The molecule has 3 rings (SSSR count). The number of carbonyl (C=O) groups excluding carboxylic acids is 2. The van der Waals surface area contributed by atoms with Crippen molar-refractivity contribution < 1.29 is 9.59 Å². The van der Waals surface area contributed by atoms with Crippen molar-refractivity contribution >= 4 is 35.1 Å². The van der Waals surface area contributed by atoms with Gasteiger partial charge in [0, 0.05) is 35.8 Å². The van der Waals surface area contributed by atoms with E-state index in [0.29, 0.717) is 27.9 Å². The molecule has 2 aromatic carbocycles.